The van der Waals surface area contributed by atoms with Crippen molar-refractivity contribution in [2.45, 2.75) is 11.4 Å². The van der Waals surface area contributed by atoms with E-state index in [4.69, 9.17) is 10.6 Å². The van der Waals surface area contributed by atoms with Crippen molar-refractivity contribution < 1.29 is 28.8 Å². The summed E-state index contributed by atoms with van der Waals surface area (Å²) in [4.78, 5) is 49.6. The van der Waals surface area contributed by atoms with Crippen LogP contribution in [-0.4, -0.2) is 119 Å². The monoisotopic (exact) mass is 538 g/mol. The Morgan fingerprint density at radius 2 is 2.14 bits per heavy atom. The number of nitrogens with zero attached hydrogens (tertiary/aromatic N) is 6. The standard InChI is InChI=1S/C21H30N8O5S2/c1-27(2)8-10-29(3,4)9-6-7-12-11-35-19-14(18(31)28(19)15(12)20(32)33)23-17(30)13(25-34-5)16-24-21(22)36-26-16/h6-7,14,19H,8-11H2,1-5H3,(H3-,22,23,24,26,30,32,33)/b7-6+,25-13-/t14-,19-/m1/s1. The van der Waals surface area contributed by atoms with E-state index >= 15 is 0 Å². The fourth-order valence-electron chi connectivity index (χ4n) is 3.62. The van der Waals surface area contributed by atoms with Crippen LogP contribution in [0, 0.1) is 0 Å². The molecule has 2 aliphatic heterocycles. The van der Waals surface area contributed by atoms with Crippen LogP contribution in [0.1, 0.15) is 5.82 Å². The third kappa shape index (κ3) is 6.21. The van der Waals surface area contributed by atoms with Gasteiger partial charge in [-0.3, -0.25) is 14.5 Å². The van der Waals surface area contributed by atoms with Gasteiger partial charge in [0, 0.05) is 23.8 Å². The Morgan fingerprint density at radius 3 is 2.72 bits per heavy atom. The van der Waals surface area contributed by atoms with E-state index in [1.807, 2.05) is 20.2 Å². The first-order valence-corrected chi connectivity index (χ1v) is 12.8. The van der Waals surface area contributed by atoms with Crippen molar-refractivity contribution >= 4 is 51.9 Å². The Hall–Kier alpha value is -3.01. The molecule has 3 N–H and O–H groups in total. The number of anilines is 1. The van der Waals surface area contributed by atoms with Gasteiger partial charge in [0.2, 0.25) is 11.5 Å². The number of aliphatic carboxylic acids is 1. The van der Waals surface area contributed by atoms with Gasteiger partial charge in [0.05, 0.1) is 38.9 Å². The van der Waals surface area contributed by atoms with Crippen molar-refractivity contribution in [3.8, 4) is 0 Å². The number of carboxylic acid groups (broad SMARTS) is 1. The molecular weight excluding hydrogens is 508 g/mol. The van der Waals surface area contributed by atoms with Gasteiger partial charge in [0.1, 0.15) is 18.5 Å². The summed E-state index contributed by atoms with van der Waals surface area (Å²) in [6.07, 6.45) is 3.66. The van der Waals surface area contributed by atoms with Gasteiger partial charge in [0.25, 0.3) is 11.8 Å². The van der Waals surface area contributed by atoms with E-state index in [-0.39, 0.29) is 22.4 Å². The number of hydrogen-bond acceptors (Lipinski definition) is 12. The van der Waals surface area contributed by atoms with Crippen molar-refractivity contribution in [2.24, 2.45) is 5.16 Å². The highest BCUT2D eigenvalue weighted by Crippen LogP contribution is 2.40. The Labute approximate surface area is 217 Å². The molecule has 2 aliphatic rings. The maximum Gasteiger partial charge on any atom is 0.278 e. The van der Waals surface area contributed by atoms with Crippen LogP contribution in [-0.2, 0) is 19.2 Å². The number of β-lactam (4-membered cyclic amide) rings is 1. The molecule has 0 saturated carbocycles. The second kappa shape index (κ2) is 11.4. The molecule has 2 amide bonds. The van der Waals surface area contributed by atoms with Crippen molar-refractivity contribution in [3.05, 3.63) is 29.2 Å². The maximum atomic E-state index is 12.9. The van der Waals surface area contributed by atoms with Gasteiger partial charge >= 0.3 is 0 Å². The van der Waals surface area contributed by atoms with E-state index in [1.54, 1.807) is 6.08 Å². The summed E-state index contributed by atoms with van der Waals surface area (Å²) < 4.78 is 4.67. The van der Waals surface area contributed by atoms with Gasteiger partial charge in [-0.05, 0) is 25.7 Å². The summed E-state index contributed by atoms with van der Waals surface area (Å²) in [5, 5.41) is 17.8. The van der Waals surface area contributed by atoms with Crippen LogP contribution >= 0.6 is 23.3 Å². The van der Waals surface area contributed by atoms with E-state index in [9.17, 15) is 19.5 Å². The average molecular weight is 539 g/mol. The number of likely N-dealkylation sites (N-methyl/N-ethyl adjacent to an activating group) is 2. The first-order valence-electron chi connectivity index (χ1n) is 11.0. The fraction of sp³-hybridized carbons (Fsp3) is 0.524. The smallest absolute Gasteiger partial charge is 0.278 e. The number of carbonyl (C=O) groups excluding carboxylic acids is 3. The fourth-order valence-corrected chi connectivity index (χ4v) is 5.37. The molecule has 13 nitrogen and oxygen atoms in total. The van der Waals surface area contributed by atoms with E-state index in [0.717, 1.165) is 34.0 Å². The number of rotatable bonds is 11. The summed E-state index contributed by atoms with van der Waals surface area (Å²) in [6.45, 7) is 2.53. The highest BCUT2D eigenvalue weighted by atomic mass is 32.2. The Bertz CT molecular complexity index is 1110. The number of quaternary nitrogens is 1. The number of oxime groups is 1. The molecule has 1 aromatic heterocycles. The molecule has 0 spiro atoms. The van der Waals surface area contributed by atoms with Gasteiger partial charge in [-0.1, -0.05) is 11.2 Å². The SMILES string of the molecule is CO/N=C(\C(=O)N[C@@H]1C(=O)N2C(C(=O)[O-])=C(/C=C/C[N+](C)(C)CCN(C)C)CS[C@H]12)c1nsc(N)n1. The molecule has 15 heteroatoms. The lowest BCUT2D eigenvalue weighted by Gasteiger charge is -2.50. The number of carboxylic acids is 1. The van der Waals surface area contributed by atoms with Crippen LogP contribution in [0.3, 0.4) is 0 Å². The van der Waals surface area contributed by atoms with Crippen LogP contribution in [0.5, 0.6) is 0 Å². The van der Waals surface area contributed by atoms with Crippen molar-refractivity contribution in [3.63, 3.8) is 0 Å². The molecule has 1 aromatic rings. The van der Waals surface area contributed by atoms with Gasteiger partial charge < -0.3 is 35.2 Å². The minimum absolute atomic E-state index is 0.0357. The number of fused-ring (bicyclic) bond motifs is 1. The molecule has 0 aliphatic carbocycles. The molecular formula is C21H30N8O5S2. The molecule has 1 fully saturated rings. The number of nitrogens with two attached hydrogens (primary N) is 1. The molecule has 0 aromatic carbocycles. The highest BCUT2D eigenvalue weighted by molar-refractivity contribution is 8.00. The third-order valence-corrected chi connectivity index (χ3v) is 7.44. The minimum Gasteiger partial charge on any atom is -0.543 e. The highest BCUT2D eigenvalue weighted by Gasteiger charge is 2.53. The first-order chi connectivity index (χ1) is 16.9. The van der Waals surface area contributed by atoms with Gasteiger partial charge in [-0.2, -0.15) is 9.36 Å². The first kappa shape index (κ1) is 27.6. The maximum absolute atomic E-state index is 12.9. The van der Waals surface area contributed by atoms with Crippen molar-refractivity contribution in [2.75, 3.05) is 66.4 Å². The lowest BCUT2D eigenvalue weighted by atomic mass is 10.0. The number of thioether (sulfide) groups is 1. The zero-order chi connectivity index (χ0) is 26.6. The van der Waals surface area contributed by atoms with E-state index in [1.165, 1.54) is 18.9 Å². The Kier molecular flexibility index (Phi) is 8.71. The van der Waals surface area contributed by atoms with Crippen LogP contribution in [0.15, 0.2) is 28.6 Å². The van der Waals surface area contributed by atoms with Crippen LogP contribution in [0.25, 0.3) is 0 Å². The number of carbonyl (C=O) groups is 3. The topological polar surface area (TPSA) is 166 Å². The van der Waals surface area contributed by atoms with Crippen molar-refractivity contribution in [1.82, 2.24) is 24.5 Å². The molecule has 0 unspecified atom stereocenters. The predicted octanol–water partition coefficient (Wildman–Crippen LogP) is -1.93. The van der Waals surface area contributed by atoms with Gasteiger partial charge in [0.15, 0.2) is 5.13 Å². The van der Waals surface area contributed by atoms with Gasteiger partial charge in [-0.15, -0.1) is 11.8 Å². The largest absolute Gasteiger partial charge is 0.543 e. The second-order valence-corrected chi connectivity index (χ2v) is 11.0. The Balaban J connectivity index is 1.72. The normalized spacial score (nSPS) is 20.6. The summed E-state index contributed by atoms with van der Waals surface area (Å²) in [6, 6.07) is -0.956. The summed E-state index contributed by atoms with van der Waals surface area (Å²) in [5.74, 6) is -2.44. The lowest BCUT2D eigenvalue weighted by Crippen LogP contribution is -2.71. The molecule has 3 heterocycles. The summed E-state index contributed by atoms with van der Waals surface area (Å²) in [5.41, 5.74) is 5.65. The van der Waals surface area contributed by atoms with Crippen LogP contribution in [0.4, 0.5) is 5.13 Å². The van der Waals surface area contributed by atoms with E-state index in [2.05, 4.69) is 38.8 Å². The molecule has 3 rings (SSSR count). The molecule has 36 heavy (non-hydrogen) atoms. The van der Waals surface area contributed by atoms with E-state index in [0.29, 0.717) is 17.9 Å². The zero-order valence-electron chi connectivity index (χ0n) is 20.8. The quantitative estimate of drug-likeness (QED) is 0.140. The van der Waals surface area contributed by atoms with E-state index < -0.39 is 29.2 Å². The summed E-state index contributed by atoms with van der Waals surface area (Å²) in [7, 11) is 9.47. The average Bonchev–Trinajstić information content (AvgIpc) is 3.24. The third-order valence-electron chi connectivity index (χ3n) is 5.60. The summed E-state index contributed by atoms with van der Waals surface area (Å²) >= 11 is 2.23. The van der Waals surface area contributed by atoms with Gasteiger partial charge in [-0.25, -0.2) is 0 Å². The molecule has 0 radical (unpaired) electrons. The zero-order valence-corrected chi connectivity index (χ0v) is 22.4. The lowest BCUT2D eigenvalue weighted by molar-refractivity contribution is -0.883. The Morgan fingerprint density at radius 1 is 1.42 bits per heavy atom. The number of nitrogen functional groups attached to an aromatic ring is 1. The predicted molar refractivity (Wildman–Crippen MR) is 134 cm³/mol. The molecule has 2 atom stereocenters. The van der Waals surface area contributed by atoms with Crippen molar-refractivity contribution in [1.29, 1.82) is 0 Å². The minimum atomic E-state index is -1.44. The number of aromatic nitrogens is 2. The number of allylic oxidation sites excluding steroid dienone is 1. The molecule has 1 saturated heterocycles. The number of hydrogen-bond donors (Lipinski definition) is 2. The van der Waals surface area contributed by atoms with Crippen LogP contribution in [0.2, 0.25) is 0 Å². The molecule has 196 valence electrons. The van der Waals surface area contributed by atoms with Crippen LogP contribution < -0.4 is 16.2 Å². The number of amides is 2. The second-order valence-electron chi connectivity index (χ2n) is 9.15. The number of nitrogens with one attached hydrogen (secondary N) is 1. The molecule has 0 bridgehead atoms.